The molecule has 3 heteroatoms. The second-order valence-corrected chi connectivity index (χ2v) is 8.87. The molecule has 0 aromatic heterocycles. The lowest BCUT2D eigenvalue weighted by Gasteiger charge is -2.18. The van der Waals surface area contributed by atoms with Crippen LogP contribution in [-0.2, 0) is 4.79 Å². The summed E-state index contributed by atoms with van der Waals surface area (Å²) in [5, 5.41) is 8.97. The molecule has 166 valence electrons. The zero-order chi connectivity index (χ0) is 21.3. The Morgan fingerprint density at radius 1 is 0.759 bits per heavy atom. The fourth-order valence-electron chi connectivity index (χ4n) is 4.35. The largest absolute Gasteiger partial charge is 0.481 e. The number of aliphatic carboxylic acids is 1. The SMILES string of the molecule is Cc1cc(C)cc(C(CCCCCCCCCCCCCN)CCCC(=O)O)c1. The fourth-order valence-corrected chi connectivity index (χ4v) is 4.35. The number of benzene rings is 1. The number of unbranched alkanes of at least 4 members (excludes halogenated alkanes) is 10. The maximum atomic E-state index is 10.9. The van der Waals surface area contributed by atoms with Crippen LogP contribution in [-0.4, -0.2) is 17.6 Å². The maximum Gasteiger partial charge on any atom is 0.303 e. The third-order valence-corrected chi connectivity index (χ3v) is 5.92. The highest BCUT2D eigenvalue weighted by Crippen LogP contribution is 2.29. The van der Waals surface area contributed by atoms with Crippen molar-refractivity contribution in [3.63, 3.8) is 0 Å². The number of nitrogens with two attached hydrogens (primary N) is 1. The van der Waals surface area contributed by atoms with E-state index in [2.05, 4.69) is 32.0 Å². The first-order valence-corrected chi connectivity index (χ1v) is 12.0. The predicted octanol–water partition coefficient (Wildman–Crippen LogP) is 7.28. The Hall–Kier alpha value is -1.35. The Morgan fingerprint density at radius 3 is 1.69 bits per heavy atom. The topological polar surface area (TPSA) is 63.3 Å². The molecule has 1 aromatic rings. The van der Waals surface area contributed by atoms with Crippen molar-refractivity contribution in [2.24, 2.45) is 5.73 Å². The normalized spacial score (nSPS) is 12.2. The third kappa shape index (κ3) is 13.5. The fraction of sp³-hybridized carbons (Fsp3) is 0.731. The van der Waals surface area contributed by atoms with Gasteiger partial charge in [0.15, 0.2) is 0 Å². The van der Waals surface area contributed by atoms with Gasteiger partial charge < -0.3 is 10.8 Å². The molecular weight excluding hydrogens is 358 g/mol. The van der Waals surface area contributed by atoms with E-state index in [0.29, 0.717) is 5.92 Å². The van der Waals surface area contributed by atoms with Crippen LogP contribution < -0.4 is 5.73 Å². The first-order valence-electron chi connectivity index (χ1n) is 12.0. The summed E-state index contributed by atoms with van der Waals surface area (Å²) in [6, 6.07) is 6.81. The molecule has 3 nitrogen and oxygen atoms in total. The van der Waals surface area contributed by atoms with E-state index in [1.54, 1.807) is 0 Å². The van der Waals surface area contributed by atoms with E-state index in [4.69, 9.17) is 10.8 Å². The van der Waals surface area contributed by atoms with Crippen molar-refractivity contribution in [2.75, 3.05) is 6.54 Å². The smallest absolute Gasteiger partial charge is 0.303 e. The van der Waals surface area contributed by atoms with Gasteiger partial charge in [0.05, 0.1) is 0 Å². The van der Waals surface area contributed by atoms with Gasteiger partial charge in [-0.1, -0.05) is 93.5 Å². The molecule has 1 aromatic carbocycles. The van der Waals surface area contributed by atoms with Crippen LogP contribution in [0.25, 0.3) is 0 Å². The van der Waals surface area contributed by atoms with E-state index >= 15 is 0 Å². The van der Waals surface area contributed by atoms with Crippen molar-refractivity contribution in [2.45, 2.75) is 116 Å². The van der Waals surface area contributed by atoms with Crippen LogP contribution in [0, 0.1) is 13.8 Å². The molecule has 0 spiro atoms. The number of hydrogen-bond acceptors (Lipinski definition) is 2. The van der Waals surface area contributed by atoms with Crippen LogP contribution in [0.2, 0.25) is 0 Å². The van der Waals surface area contributed by atoms with Crippen molar-refractivity contribution >= 4 is 5.97 Å². The molecule has 0 bridgehead atoms. The van der Waals surface area contributed by atoms with Crippen molar-refractivity contribution in [1.29, 1.82) is 0 Å². The Morgan fingerprint density at radius 2 is 1.21 bits per heavy atom. The lowest BCUT2D eigenvalue weighted by Crippen LogP contribution is -2.03. The number of carbonyl (C=O) groups is 1. The van der Waals surface area contributed by atoms with E-state index in [1.165, 1.54) is 93.7 Å². The third-order valence-electron chi connectivity index (χ3n) is 5.92. The molecule has 3 N–H and O–H groups in total. The highest BCUT2D eigenvalue weighted by atomic mass is 16.4. The second-order valence-electron chi connectivity index (χ2n) is 8.87. The van der Waals surface area contributed by atoms with Gasteiger partial charge in [0.1, 0.15) is 0 Å². The Labute approximate surface area is 179 Å². The molecule has 0 radical (unpaired) electrons. The summed E-state index contributed by atoms with van der Waals surface area (Å²) in [5.41, 5.74) is 9.55. The summed E-state index contributed by atoms with van der Waals surface area (Å²) in [4.78, 5) is 10.9. The molecule has 1 unspecified atom stereocenters. The summed E-state index contributed by atoms with van der Waals surface area (Å²) >= 11 is 0. The van der Waals surface area contributed by atoms with Crippen molar-refractivity contribution in [3.05, 3.63) is 34.9 Å². The summed E-state index contributed by atoms with van der Waals surface area (Å²) in [6.07, 6.45) is 17.8. The zero-order valence-electron chi connectivity index (χ0n) is 19.1. The molecule has 1 rings (SSSR count). The van der Waals surface area contributed by atoms with Gasteiger partial charge in [-0.2, -0.15) is 0 Å². The minimum absolute atomic E-state index is 0.285. The first-order chi connectivity index (χ1) is 14.0. The summed E-state index contributed by atoms with van der Waals surface area (Å²) in [5.74, 6) is -0.176. The molecule has 0 saturated carbocycles. The van der Waals surface area contributed by atoms with Crippen molar-refractivity contribution in [3.8, 4) is 0 Å². The maximum absolute atomic E-state index is 10.9. The average Bonchev–Trinajstić information content (AvgIpc) is 2.66. The number of hydrogen-bond donors (Lipinski definition) is 2. The van der Waals surface area contributed by atoms with E-state index in [0.717, 1.165) is 19.4 Å². The highest BCUT2D eigenvalue weighted by Gasteiger charge is 2.13. The number of carboxylic acids is 1. The van der Waals surface area contributed by atoms with Gasteiger partial charge in [-0.25, -0.2) is 0 Å². The van der Waals surface area contributed by atoms with Crippen LogP contribution in [0.15, 0.2) is 18.2 Å². The van der Waals surface area contributed by atoms with Gasteiger partial charge in [0, 0.05) is 6.42 Å². The molecule has 0 fully saturated rings. The van der Waals surface area contributed by atoms with Gasteiger partial charge >= 0.3 is 5.97 Å². The monoisotopic (exact) mass is 403 g/mol. The molecule has 0 heterocycles. The Balaban J connectivity index is 2.24. The minimum atomic E-state index is -0.677. The van der Waals surface area contributed by atoms with E-state index in [9.17, 15) is 4.79 Å². The standard InChI is InChI=1S/C26H45NO2/c1-22-19-23(2)21-25(20-22)24(16-14-17-26(28)29)15-12-10-8-6-4-3-5-7-9-11-13-18-27/h19-21,24H,3-18,27H2,1-2H3,(H,28,29). The summed E-state index contributed by atoms with van der Waals surface area (Å²) in [6.45, 7) is 5.15. The molecule has 0 saturated heterocycles. The van der Waals surface area contributed by atoms with Gasteiger partial charge in [-0.05, 0) is 57.6 Å². The summed E-state index contributed by atoms with van der Waals surface area (Å²) < 4.78 is 0. The Kier molecular flexibility index (Phi) is 14.6. The molecular formula is C26H45NO2. The van der Waals surface area contributed by atoms with Crippen LogP contribution in [0.4, 0.5) is 0 Å². The molecule has 1 atom stereocenters. The average molecular weight is 404 g/mol. The van der Waals surface area contributed by atoms with Gasteiger partial charge in [0.2, 0.25) is 0 Å². The summed E-state index contributed by atoms with van der Waals surface area (Å²) in [7, 11) is 0. The van der Waals surface area contributed by atoms with Gasteiger partial charge in [-0.15, -0.1) is 0 Å². The predicted molar refractivity (Wildman–Crippen MR) is 125 cm³/mol. The van der Waals surface area contributed by atoms with E-state index in [1.807, 2.05) is 0 Å². The molecule has 0 aliphatic rings. The van der Waals surface area contributed by atoms with Crippen molar-refractivity contribution < 1.29 is 9.90 Å². The molecule has 0 aliphatic carbocycles. The van der Waals surface area contributed by atoms with Gasteiger partial charge in [-0.3, -0.25) is 4.79 Å². The quantitative estimate of drug-likeness (QED) is 0.253. The van der Waals surface area contributed by atoms with Crippen LogP contribution in [0.1, 0.15) is 119 Å². The Bertz CT molecular complexity index is 535. The number of rotatable bonds is 18. The molecule has 29 heavy (non-hydrogen) atoms. The van der Waals surface area contributed by atoms with Crippen LogP contribution in [0.3, 0.4) is 0 Å². The first kappa shape index (κ1) is 25.7. The molecule has 0 amide bonds. The molecule has 0 aliphatic heterocycles. The van der Waals surface area contributed by atoms with Crippen LogP contribution in [0.5, 0.6) is 0 Å². The van der Waals surface area contributed by atoms with Gasteiger partial charge in [0.25, 0.3) is 0 Å². The van der Waals surface area contributed by atoms with E-state index < -0.39 is 5.97 Å². The number of aryl methyl sites for hydroxylation is 2. The number of carboxylic acid groups (broad SMARTS) is 1. The van der Waals surface area contributed by atoms with Crippen molar-refractivity contribution in [1.82, 2.24) is 0 Å². The zero-order valence-corrected chi connectivity index (χ0v) is 19.1. The lowest BCUT2D eigenvalue weighted by atomic mass is 9.87. The van der Waals surface area contributed by atoms with Crippen LogP contribution >= 0.6 is 0 Å². The highest BCUT2D eigenvalue weighted by molar-refractivity contribution is 5.66. The lowest BCUT2D eigenvalue weighted by molar-refractivity contribution is -0.137. The minimum Gasteiger partial charge on any atom is -0.481 e. The second kappa shape index (κ2) is 16.4. The van der Waals surface area contributed by atoms with E-state index in [-0.39, 0.29) is 6.42 Å².